The van der Waals surface area contributed by atoms with Crippen molar-refractivity contribution in [1.29, 1.82) is 0 Å². The summed E-state index contributed by atoms with van der Waals surface area (Å²) in [6.45, 7) is 4.95. The van der Waals surface area contributed by atoms with E-state index in [9.17, 15) is 0 Å². The van der Waals surface area contributed by atoms with Gasteiger partial charge in [0, 0.05) is 28.3 Å². The predicted molar refractivity (Wildman–Crippen MR) is 72.0 cm³/mol. The molecule has 0 atom stereocenters. The number of nitrogens with zero attached hydrogens (tertiary/aromatic N) is 2. The summed E-state index contributed by atoms with van der Waals surface area (Å²) in [6.07, 6.45) is 0. The van der Waals surface area contributed by atoms with Crippen LogP contribution in [0.15, 0.2) is 15.9 Å². The first-order chi connectivity index (χ1) is 7.58. The summed E-state index contributed by atoms with van der Waals surface area (Å²) in [5.41, 5.74) is 3.37. The summed E-state index contributed by atoms with van der Waals surface area (Å²) in [5, 5.41) is 9.91. The van der Waals surface area contributed by atoms with E-state index in [4.69, 9.17) is 0 Å². The first kappa shape index (κ1) is 11.7. The second-order valence-corrected chi connectivity index (χ2v) is 5.67. The average molecular weight is 300 g/mol. The van der Waals surface area contributed by atoms with Crippen LogP contribution in [-0.4, -0.2) is 9.78 Å². The molecule has 0 unspecified atom stereocenters. The van der Waals surface area contributed by atoms with Gasteiger partial charge in [-0.05, 0) is 35.8 Å². The lowest BCUT2D eigenvalue weighted by molar-refractivity contribution is 0.731. The highest BCUT2D eigenvalue weighted by molar-refractivity contribution is 9.10. The number of aryl methyl sites for hydroxylation is 2. The van der Waals surface area contributed by atoms with Crippen molar-refractivity contribution in [3.8, 4) is 0 Å². The number of nitrogens with one attached hydrogen (secondary N) is 1. The molecule has 5 heteroatoms. The van der Waals surface area contributed by atoms with Crippen LogP contribution in [0.4, 0.5) is 5.69 Å². The van der Waals surface area contributed by atoms with E-state index in [1.165, 1.54) is 10.6 Å². The van der Waals surface area contributed by atoms with E-state index in [1.807, 2.05) is 18.7 Å². The molecule has 0 radical (unpaired) electrons. The lowest BCUT2D eigenvalue weighted by Crippen LogP contribution is -2.00. The highest BCUT2D eigenvalue weighted by atomic mass is 79.9. The van der Waals surface area contributed by atoms with Crippen molar-refractivity contribution >= 4 is 33.0 Å². The molecule has 2 aromatic heterocycles. The third-order valence-electron chi connectivity index (χ3n) is 2.57. The van der Waals surface area contributed by atoms with Crippen molar-refractivity contribution in [2.45, 2.75) is 20.4 Å². The van der Waals surface area contributed by atoms with Gasteiger partial charge >= 0.3 is 0 Å². The minimum absolute atomic E-state index is 0.851. The fourth-order valence-electron chi connectivity index (χ4n) is 1.65. The van der Waals surface area contributed by atoms with Crippen LogP contribution in [0.1, 0.15) is 16.3 Å². The summed E-state index contributed by atoms with van der Waals surface area (Å²) < 4.78 is 3.05. The summed E-state index contributed by atoms with van der Waals surface area (Å²) in [4.78, 5) is 1.31. The van der Waals surface area contributed by atoms with E-state index in [-0.39, 0.29) is 0 Å². The Balaban J connectivity index is 2.10. The first-order valence-corrected chi connectivity index (χ1v) is 6.72. The number of halogens is 1. The fourth-order valence-corrected chi connectivity index (χ4v) is 3.04. The lowest BCUT2D eigenvalue weighted by Gasteiger charge is -2.04. The third kappa shape index (κ3) is 2.30. The van der Waals surface area contributed by atoms with Gasteiger partial charge in [0.05, 0.1) is 17.1 Å². The number of aromatic nitrogens is 2. The van der Waals surface area contributed by atoms with Crippen molar-refractivity contribution < 1.29 is 0 Å². The summed E-state index contributed by atoms with van der Waals surface area (Å²) in [6, 6.07) is 2.14. The van der Waals surface area contributed by atoms with Crippen LogP contribution in [0.25, 0.3) is 0 Å². The predicted octanol–water partition coefficient (Wildman–Crippen LogP) is 3.47. The smallest absolute Gasteiger partial charge is 0.0827 e. The lowest BCUT2D eigenvalue weighted by atomic mass is 10.3. The highest BCUT2D eigenvalue weighted by Gasteiger charge is 2.08. The van der Waals surface area contributed by atoms with Gasteiger partial charge in [0.25, 0.3) is 0 Å². The average Bonchev–Trinajstić information content (AvgIpc) is 2.72. The van der Waals surface area contributed by atoms with Crippen molar-refractivity contribution in [3.05, 3.63) is 32.2 Å². The molecule has 1 N–H and O–H groups in total. The van der Waals surface area contributed by atoms with E-state index in [0.29, 0.717) is 0 Å². The zero-order chi connectivity index (χ0) is 11.7. The number of anilines is 1. The molecule has 2 aromatic rings. The van der Waals surface area contributed by atoms with Crippen molar-refractivity contribution in [3.63, 3.8) is 0 Å². The zero-order valence-corrected chi connectivity index (χ0v) is 11.9. The number of hydrogen-bond acceptors (Lipinski definition) is 3. The van der Waals surface area contributed by atoms with Gasteiger partial charge in [-0.1, -0.05) is 0 Å². The third-order valence-corrected chi connectivity index (χ3v) is 4.27. The molecule has 0 fully saturated rings. The minimum Gasteiger partial charge on any atom is -0.377 e. The molecule has 0 saturated heterocycles. The van der Waals surface area contributed by atoms with Gasteiger partial charge in [-0.25, -0.2) is 0 Å². The van der Waals surface area contributed by atoms with E-state index >= 15 is 0 Å². The Bertz CT molecular complexity index is 501. The van der Waals surface area contributed by atoms with Crippen LogP contribution in [0.3, 0.4) is 0 Å². The van der Waals surface area contributed by atoms with Gasteiger partial charge in [0.2, 0.25) is 0 Å². The van der Waals surface area contributed by atoms with Crippen LogP contribution in [0.5, 0.6) is 0 Å². The summed E-state index contributed by atoms with van der Waals surface area (Å²) in [7, 11) is 1.97. The molecule has 0 aliphatic heterocycles. The Morgan fingerprint density at radius 2 is 2.25 bits per heavy atom. The van der Waals surface area contributed by atoms with Crippen LogP contribution < -0.4 is 5.32 Å². The molecule has 0 aliphatic rings. The second kappa shape index (κ2) is 4.59. The van der Waals surface area contributed by atoms with Gasteiger partial charge in [0.1, 0.15) is 0 Å². The van der Waals surface area contributed by atoms with E-state index in [2.05, 4.69) is 44.7 Å². The van der Waals surface area contributed by atoms with E-state index in [1.54, 1.807) is 11.3 Å². The molecule has 0 spiro atoms. The Hall–Kier alpha value is -0.810. The van der Waals surface area contributed by atoms with Crippen molar-refractivity contribution in [2.75, 3.05) is 5.32 Å². The maximum Gasteiger partial charge on any atom is 0.0827 e. The van der Waals surface area contributed by atoms with Crippen LogP contribution in [0.2, 0.25) is 0 Å². The molecule has 0 aliphatic carbocycles. The largest absolute Gasteiger partial charge is 0.377 e. The summed E-state index contributed by atoms with van der Waals surface area (Å²) >= 11 is 5.21. The van der Waals surface area contributed by atoms with E-state index < -0.39 is 0 Å². The standard InChI is InChI=1S/C11H14BrN3S/c1-7-11(8(2)15(3)14-7)13-5-10-4-9(12)6-16-10/h4,6,13H,5H2,1-3H3. The molecule has 2 rings (SSSR count). The highest BCUT2D eigenvalue weighted by Crippen LogP contribution is 2.23. The van der Waals surface area contributed by atoms with Crippen LogP contribution in [0, 0.1) is 13.8 Å². The SMILES string of the molecule is Cc1nn(C)c(C)c1NCc1cc(Br)cs1. The molecule has 3 nitrogen and oxygen atoms in total. The zero-order valence-electron chi connectivity index (χ0n) is 9.54. The Morgan fingerprint density at radius 1 is 1.50 bits per heavy atom. The molecule has 0 saturated carbocycles. The molecule has 16 heavy (non-hydrogen) atoms. The van der Waals surface area contributed by atoms with Gasteiger partial charge in [-0.2, -0.15) is 5.10 Å². The second-order valence-electron chi connectivity index (χ2n) is 3.75. The molecule has 0 bridgehead atoms. The van der Waals surface area contributed by atoms with Crippen molar-refractivity contribution in [1.82, 2.24) is 9.78 Å². The number of thiophene rings is 1. The monoisotopic (exact) mass is 299 g/mol. The van der Waals surface area contributed by atoms with Crippen molar-refractivity contribution in [2.24, 2.45) is 7.05 Å². The molecular weight excluding hydrogens is 286 g/mol. The van der Waals surface area contributed by atoms with Gasteiger partial charge < -0.3 is 5.32 Å². The Morgan fingerprint density at radius 3 is 2.75 bits per heavy atom. The van der Waals surface area contributed by atoms with Gasteiger partial charge in [-0.3, -0.25) is 4.68 Å². The minimum atomic E-state index is 0.851. The molecule has 2 heterocycles. The topological polar surface area (TPSA) is 29.9 Å². The maximum absolute atomic E-state index is 4.38. The van der Waals surface area contributed by atoms with Crippen LogP contribution in [-0.2, 0) is 13.6 Å². The molecule has 86 valence electrons. The quantitative estimate of drug-likeness (QED) is 0.940. The normalized spacial score (nSPS) is 10.8. The maximum atomic E-state index is 4.38. The van der Waals surface area contributed by atoms with E-state index in [0.717, 1.165) is 22.4 Å². The first-order valence-electron chi connectivity index (χ1n) is 5.05. The molecule has 0 aromatic carbocycles. The number of rotatable bonds is 3. The molecule has 0 amide bonds. The van der Waals surface area contributed by atoms with Gasteiger partial charge in [0.15, 0.2) is 0 Å². The van der Waals surface area contributed by atoms with Gasteiger partial charge in [-0.15, -0.1) is 11.3 Å². The summed E-state index contributed by atoms with van der Waals surface area (Å²) in [5.74, 6) is 0. The Kier molecular flexibility index (Phi) is 3.35. The van der Waals surface area contributed by atoms with Crippen LogP contribution >= 0.6 is 27.3 Å². The fraction of sp³-hybridized carbons (Fsp3) is 0.364. The Labute approximate surface area is 108 Å². The molecular formula is C11H14BrN3S. The number of hydrogen-bond donors (Lipinski definition) is 1.